The Labute approximate surface area is 112 Å². The van der Waals surface area contributed by atoms with Gasteiger partial charge in [0.15, 0.2) is 5.79 Å². The van der Waals surface area contributed by atoms with Crippen LogP contribution < -0.4 is 4.74 Å². The molecule has 2 aliphatic rings. The lowest BCUT2D eigenvalue weighted by Crippen LogP contribution is -2.28. The minimum Gasteiger partial charge on any atom is -0.481 e. The van der Waals surface area contributed by atoms with Crippen molar-refractivity contribution in [1.29, 1.82) is 0 Å². The molecule has 2 fully saturated rings. The van der Waals surface area contributed by atoms with Gasteiger partial charge in [-0.2, -0.15) is 0 Å². The summed E-state index contributed by atoms with van der Waals surface area (Å²) in [6.07, 6.45) is 1.58. The highest BCUT2D eigenvalue weighted by Crippen LogP contribution is 2.46. The quantitative estimate of drug-likeness (QED) is 0.877. The van der Waals surface area contributed by atoms with Gasteiger partial charge in [-0.3, -0.25) is 0 Å². The van der Waals surface area contributed by atoms with Crippen LogP contribution in [-0.2, 0) is 9.47 Å². The Balaban J connectivity index is 1.84. The number of hydrogen-bond acceptors (Lipinski definition) is 5. The Hall–Kier alpha value is -1.17. The molecule has 1 N–H and O–H groups in total. The Morgan fingerprint density at radius 2 is 2.05 bits per heavy atom. The van der Waals surface area contributed by atoms with Gasteiger partial charge < -0.3 is 19.3 Å². The van der Waals surface area contributed by atoms with E-state index in [-0.39, 0.29) is 18.1 Å². The lowest BCUT2D eigenvalue weighted by Gasteiger charge is -2.22. The molecule has 0 radical (unpaired) electrons. The van der Waals surface area contributed by atoms with E-state index in [0.717, 1.165) is 5.56 Å². The zero-order chi connectivity index (χ0) is 13.6. The molecule has 0 bridgehead atoms. The molecule has 0 spiro atoms. The number of pyridine rings is 1. The molecule has 1 aromatic rings. The number of ether oxygens (including phenoxy) is 3. The van der Waals surface area contributed by atoms with E-state index in [9.17, 15) is 5.11 Å². The lowest BCUT2D eigenvalue weighted by atomic mass is 9.97. The summed E-state index contributed by atoms with van der Waals surface area (Å²) in [6.45, 7) is 3.75. The van der Waals surface area contributed by atoms with Crippen LogP contribution in [0.5, 0.6) is 5.88 Å². The topological polar surface area (TPSA) is 60.8 Å². The summed E-state index contributed by atoms with van der Waals surface area (Å²) >= 11 is 0. The highest BCUT2D eigenvalue weighted by atomic mass is 16.8. The SMILES string of the molecule is COc1ccc([C@H]2C[C@H](O)[C@@H]3OC(C)(C)O[C@@H]32)cn1. The Bertz CT molecular complexity index is 459. The van der Waals surface area contributed by atoms with E-state index in [2.05, 4.69) is 4.98 Å². The van der Waals surface area contributed by atoms with Gasteiger partial charge in [-0.05, 0) is 25.8 Å². The molecule has 1 aromatic heterocycles. The number of nitrogens with zero attached hydrogens (tertiary/aromatic N) is 1. The van der Waals surface area contributed by atoms with E-state index in [1.54, 1.807) is 13.3 Å². The molecule has 0 unspecified atom stereocenters. The second-order valence-electron chi connectivity index (χ2n) is 5.61. The fourth-order valence-corrected chi connectivity index (χ4v) is 3.01. The molecule has 3 rings (SSSR count). The molecule has 104 valence electrons. The molecule has 4 atom stereocenters. The van der Waals surface area contributed by atoms with Crippen molar-refractivity contribution < 1.29 is 19.3 Å². The normalized spacial score (nSPS) is 36.2. The van der Waals surface area contributed by atoms with E-state index < -0.39 is 11.9 Å². The molecule has 2 heterocycles. The number of aliphatic hydroxyl groups is 1. The molecule has 0 amide bonds. The van der Waals surface area contributed by atoms with Crippen molar-refractivity contribution in [3.05, 3.63) is 23.9 Å². The summed E-state index contributed by atoms with van der Waals surface area (Å²) in [4.78, 5) is 4.22. The minimum absolute atomic E-state index is 0.111. The first-order valence-electron chi connectivity index (χ1n) is 6.54. The van der Waals surface area contributed by atoms with Crippen molar-refractivity contribution in [3.63, 3.8) is 0 Å². The zero-order valence-electron chi connectivity index (χ0n) is 11.4. The van der Waals surface area contributed by atoms with Gasteiger partial charge in [0.2, 0.25) is 5.88 Å². The van der Waals surface area contributed by atoms with Gasteiger partial charge >= 0.3 is 0 Å². The average molecular weight is 265 g/mol. The second kappa shape index (κ2) is 4.44. The minimum atomic E-state index is -0.630. The maximum atomic E-state index is 10.1. The van der Waals surface area contributed by atoms with Gasteiger partial charge in [-0.25, -0.2) is 4.98 Å². The van der Waals surface area contributed by atoms with Crippen LogP contribution in [0, 0.1) is 0 Å². The van der Waals surface area contributed by atoms with Crippen molar-refractivity contribution in [1.82, 2.24) is 4.98 Å². The van der Waals surface area contributed by atoms with Gasteiger partial charge in [0.05, 0.1) is 19.3 Å². The monoisotopic (exact) mass is 265 g/mol. The molecule has 5 nitrogen and oxygen atoms in total. The number of fused-ring (bicyclic) bond motifs is 1. The van der Waals surface area contributed by atoms with Crippen LogP contribution in [0.15, 0.2) is 18.3 Å². The third-order valence-corrected chi connectivity index (χ3v) is 3.83. The molecular formula is C14H19NO4. The van der Waals surface area contributed by atoms with E-state index in [0.29, 0.717) is 12.3 Å². The van der Waals surface area contributed by atoms with Crippen LogP contribution in [0.2, 0.25) is 0 Å². The standard InChI is InChI=1S/C14H19NO4/c1-14(2)18-12-9(6-10(16)13(12)19-14)8-4-5-11(17-3)15-7-8/h4-5,7,9-10,12-13,16H,6H2,1-3H3/t9-,10+,12-,13+/m1/s1. The second-order valence-corrected chi connectivity index (χ2v) is 5.61. The number of aliphatic hydroxyl groups excluding tert-OH is 1. The van der Waals surface area contributed by atoms with Crippen molar-refractivity contribution >= 4 is 0 Å². The number of hydrogen-bond donors (Lipinski definition) is 1. The van der Waals surface area contributed by atoms with E-state index in [4.69, 9.17) is 14.2 Å². The summed E-state index contributed by atoms with van der Waals surface area (Å²) in [5.41, 5.74) is 1.05. The predicted octanol–water partition coefficient (Wildman–Crippen LogP) is 1.46. The third kappa shape index (κ3) is 2.22. The first-order valence-corrected chi connectivity index (χ1v) is 6.54. The molecule has 19 heavy (non-hydrogen) atoms. The van der Waals surface area contributed by atoms with Crippen molar-refractivity contribution in [2.75, 3.05) is 7.11 Å². The summed E-state index contributed by atoms with van der Waals surface area (Å²) in [5.74, 6) is 0.0671. The number of rotatable bonds is 2. The summed E-state index contributed by atoms with van der Waals surface area (Å²) < 4.78 is 16.7. The summed E-state index contributed by atoms with van der Waals surface area (Å²) in [7, 11) is 1.59. The molecule has 0 aromatic carbocycles. The van der Waals surface area contributed by atoms with Crippen LogP contribution in [0.3, 0.4) is 0 Å². The first kappa shape index (κ1) is 12.8. The zero-order valence-corrected chi connectivity index (χ0v) is 11.4. The third-order valence-electron chi connectivity index (χ3n) is 3.83. The van der Waals surface area contributed by atoms with Crippen molar-refractivity contribution in [2.45, 2.75) is 50.3 Å². The first-order chi connectivity index (χ1) is 9.00. The largest absolute Gasteiger partial charge is 0.481 e. The van der Waals surface area contributed by atoms with Crippen molar-refractivity contribution in [2.24, 2.45) is 0 Å². The lowest BCUT2D eigenvalue weighted by molar-refractivity contribution is -0.163. The summed E-state index contributed by atoms with van der Waals surface area (Å²) in [5, 5.41) is 10.1. The predicted molar refractivity (Wildman–Crippen MR) is 68.0 cm³/mol. The van der Waals surface area contributed by atoms with Crippen LogP contribution in [0.1, 0.15) is 31.7 Å². The highest BCUT2D eigenvalue weighted by molar-refractivity contribution is 5.25. The van der Waals surface area contributed by atoms with Gasteiger partial charge in [0, 0.05) is 18.2 Å². The smallest absolute Gasteiger partial charge is 0.212 e. The summed E-state index contributed by atoms with van der Waals surface area (Å²) in [6, 6.07) is 3.80. The molecule has 1 aliphatic heterocycles. The number of aromatic nitrogens is 1. The van der Waals surface area contributed by atoms with E-state index in [1.165, 1.54) is 0 Å². The van der Waals surface area contributed by atoms with E-state index >= 15 is 0 Å². The Kier molecular flexibility index (Phi) is 3.00. The Morgan fingerprint density at radius 1 is 1.32 bits per heavy atom. The van der Waals surface area contributed by atoms with Crippen LogP contribution >= 0.6 is 0 Å². The number of methoxy groups -OCH3 is 1. The molecule has 5 heteroatoms. The van der Waals surface area contributed by atoms with Gasteiger partial charge in [0.1, 0.15) is 6.10 Å². The average Bonchev–Trinajstić information content (AvgIpc) is 2.85. The maximum absolute atomic E-state index is 10.1. The molecule has 1 saturated carbocycles. The van der Waals surface area contributed by atoms with Gasteiger partial charge in [-0.15, -0.1) is 0 Å². The molecule has 1 aliphatic carbocycles. The van der Waals surface area contributed by atoms with Crippen LogP contribution in [0.4, 0.5) is 0 Å². The highest BCUT2D eigenvalue weighted by Gasteiger charge is 2.53. The van der Waals surface area contributed by atoms with Crippen LogP contribution in [0.25, 0.3) is 0 Å². The van der Waals surface area contributed by atoms with E-state index in [1.807, 2.05) is 26.0 Å². The van der Waals surface area contributed by atoms with Gasteiger partial charge in [0.25, 0.3) is 0 Å². The molecule has 1 saturated heterocycles. The fraction of sp³-hybridized carbons (Fsp3) is 0.643. The maximum Gasteiger partial charge on any atom is 0.212 e. The van der Waals surface area contributed by atoms with Crippen LogP contribution in [-0.4, -0.2) is 41.3 Å². The van der Waals surface area contributed by atoms with Crippen molar-refractivity contribution in [3.8, 4) is 5.88 Å². The fourth-order valence-electron chi connectivity index (χ4n) is 3.01. The van der Waals surface area contributed by atoms with Gasteiger partial charge in [-0.1, -0.05) is 6.07 Å². The Morgan fingerprint density at radius 3 is 2.68 bits per heavy atom. The molecular weight excluding hydrogens is 246 g/mol.